The van der Waals surface area contributed by atoms with E-state index in [2.05, 4.69) is 24.3 Å². The lowest BCUT2D eigenvalue weighted by Gasteiger charge is -2.12. The van der Waals surface area contributed by atoms with Gasteiger partial charge in [-0.25, -0.2) is 0 Å². The SMILES string of the molecule is NCCCS12C3=C1C2C=CC=C3. The first kappa shape index (κ1) is 6.98. The fourth-order valence-electron chi connectivity index (χ4n) is 2.22. The molecule has 0 saturated carbocycles. The van der Waals surface area contributed by atoms with Crippen molar-refractivity contribution in [2.75, 3.05) is 12.3 Å². The molecule has 2 heterocycles. The second kappa shape index (κ2) is 2.06. The highest BCUT2D eigenvalue weighted by atomic mass is 32.3. The number of nitrogens with two attached hydrogens (primary N) is 1. The molecular formula is C10H13NS. The first-order chi connectivity index (χ1) is 5.91. The average Bonchev–Trinajstić information content (AvgIpc) is 2.92. The van der Waals surface area contributed by atoms with Gasteiger partial charge in [0.2, 0.25) is 0 Å². The van der Waals surface area contributed by atoms with Gasteiger partial charge in [-0.2, -0.15) is 10.0 Å². The van der Waals surface area contributed by atoms with E-state index >= 15 is 0 Å². The van der Waals surface area contributed by atoms with E-state index in [0.29, 0.717) is 0 Å². The van der Waals surface area contributed by atoms with Gasteiger partial charge in [0, 0.05) is 15.1 Å². The first-order valence-electron chi connectivity index (χ1n) is 4.50. The molecule has 1 aliphatic carbocycles. The third kappa shape index (κ3) is 0.617. The zero-order chi connectivity index (χ0) is 8.18. The largest absolute Gasteiger partial charge is 0.330 e. The molecule has 2 N–H and O–H groups in total. The highest BCUT2D eigenvalue weighted by Crippen LogP contribution is 2.98. The average molecular weight is 179 g/mol. The van der Waals surface area contributed by atoms with Crippen LogP contribution in [-0.4, -0.2) is 17.5 Å². The Labute approximate surface area is 74.3 Å². The molecule has 1 nitrogen and oxygen atoms in total. The molecule has 2 unspecified atom stereocenters. The van der Waals surface area contributed by atoms with Crippen molar-refractivity contribution >= 4 is 10.0 Å². The Morgan fingerprint density at radius 1 is 1.42 bits per heavy atom. The first-order valence-corrected chi connectivity index (χ1v) is 6.37. The van der Waals surface area contributed by atoms with Crippen LogP contribution in [-0.2, 0) is 0 Å². The summed E-state index contributed by atoms with van der Waals surface area (Å²) in [5.41, 5.74) is 5.53. The Hall–Kier alpha value is -0.470. The van der Waals surface area contributed by atoms with E-state index < -0.39 is 0 Å². The van der Waals surface area contributed by atoms with Crippen molar-refractivity contribution in [2.24, 2.45) is 5.73 Å². The summed E-state index contributed by atoms with van der Waals surface area (Å²) in [4.78, 5) is 3.49. The lowest BCUT2D eigenvalue weighted by Crippen LogP contribution is -2.02. The third-order valence-corrected chi connectivity index (χ3v) is 7.07. The van der Waals surface area contributed by atoms with Crippen molar-refractivity contribution in [1.82, 2.24) is 0 Å². The van der Waals surface area contributed by atoms with Gasteiger partial charge in [-0.1, -0.05) is 18.2 Å². The zero-order valence-corrected chi connectivity index (χ0v) is 7.81. The quantitative estimate of drug-likeness (QED) is 0.658. The molecule has 12 heavy (non-hydrogen) atoms. The highest BCUT2D eigenvalue weighted by molar-refractivity contribution is 8.53. The minimum Gasteiger partial charge on any atom is -0.330 e. The van der Waals surface area contributed by atoms with E-state index in [0.717, 1.165) is 11.8 Å². The fourth-order valence-corrected chi connectivity index (χ4v) is 6.60. The molecule has 2 heteroatoms. The molecule has 0 aromatic heterocycles. The van der Waals surface area contributed by atoms with E-state index in [4.69, 9.17) is 5.73 Å². The van der Waals surface area contributed by atoms with Crippen molar-refractivity contribution in [1.29, 1.82) is 0 Å². The van der Waals surface area contributed by atoms with Crippen LogP contribution in [0.15, 0.2) is 34.1 Å². The van der Waals surface area contributed by atoms with Gasteiger partial charge in [-0.15, -0.1) is 0 Å². The topological polar surface area (TPSA) is 26.0 Å². The summed E-state index contributed by atoms with van der Waals surface area (Å²) in [6.07, 6.45) is 10.3. The van der Waals surface area contributed by atoms with Crippen LogP contribution in [0.25, 0.3) is 0 Å². The van der Waals surface area contributed by atoms with Crippen LogP contribution in [0.4, 0.5) is 0 Å². The highest BCUT2D eigenvalue weighted by Gasteiger charge is 2.69. The normalized spacial score (nSPS) is 44.9. The maximum atomic E-state index is 5.53. The van der Waals surface area contributed by atoms with Crippen molar-refractivity contribution in [3.63, 3.8) is 0 Å². The molecular weight excluding hydrogens is 166 g/mol. The monoisotopic (exact) mass is 179 g/mol. The Bertz CT molecular complexity index is 327. The summed E-state index contributed by atoms with van der Waals surface area (Å²) in [6.45, 7) is 0.857. The van der Waals surface area contributed by atoms with Crippen molar-refractivity contribution < 1.29 is 0 Å². The second-order valence-corrected chi connectivity index (χ2v) is 6.91. The van der Waals surface area contributed by atoms with Gasteiger partial charge in [-0.05, 0) is 24.8 Å². The lowest BCUT2D eigenvalue weighted by molar-refractivity contribution is 0.942. The molecule has 3 rings (SSSR count). The van der Waals surface area contributed by atoms with Crippen LogP contribution in [0.3, 0.4) is 0 Å². The molecule has 0 radical (unpaired) electrons. The maximum Gasteiger partial charge on any atom is 0.0457 e. The molecule has 2 atom stereocenters. The number of fused-ring (bicyclic) bond motifs is 2. The van der Waals surface area contributed by atoms with Gasteiger partial charge in [-0.3, -0.25) is 0 Å². The molecule has 0 aromatic carbocycles. The van der Waals surface area contributed by atoms with Gasteiger partial charge >= 0.3 is 0 Å². The summed E-state index contributed by atoms with van der Waals surface area (Å²) in [7, 11) is -0.309. The molecule has 3 aliphatic rings. The van der Waals surface area contributed by atoms with Gasteiger partial charge in [0.05, 0.1) is 0 Å². The number of rotatable bonds is 3. The van der Waals surface area contributed by atoms with Gasteiger partial charge < -0.3 is 5.73 Å². The molecule has 0 amide bonds. The number of allylic oxidation sites excluding steroid dienone is 3. The summed E-state index contributed by atoms with van der Waals surface area (Å²) in [5.74, 6) is 1.37. The van der Waals surface area contributed by atoms with Crippen LogP contribution < -0.4 is 5.73 Å². The summed E-state index contributed by atoms with van der Waals surface area (Å²) >= 11 is 0. The number of hydrogen-bond acceptors (Lipinski definition) is 1. The molecule has 1 fully saturated rings. The van der Waals surface area contributed by atoms with Gasteiger partial charge in [0.25, 0.3) is 0 Å². The summed E-state index contributed by atoms with van der Waals surface area (Å²) < 4.78 is 0. The third-order valence-electron chi connectivity index (χ3n) is 2.94. The van der Waals surface area contributed by atoms with Crippen LogP contribution >= 0.6 is 10.0 Å². The maximum absolute atomic E-state index is 5.53. The molecule has 0 bridgehead atoms. The van der Waals surface area contributed by atoms with Crippen LogP contribution in [0, 0.1) is 0 Å². The predicted octanol–water partition coefficient (Wildman–Crippen LogP) is 1.87. The van der Waals surface area contributed by atoms with E-state index in [1.165, 1.54) is 12.2 Å². The second-order valence-electron chi connectivity index (χ2n) is 3.53. The van der Waals surface area contributed by atoms with Crippen LogP contribution in [0.2, 0.25) is 0 Å². The number of hydrogen-bond donors (Lipinski definition) is 1. The van der Waals surface area contributed by atoms with Crippen molar-refractivity contribution in [3.8, 4) is 0 Å². The van der Waals surface area contributed by atoms with E-state index in [1.807, 2.05) is 0 Å². The van der Waals surface area contributed by atoms with Crippen LogP contribution in [0.1, 0.15) is 6.42 Å². The molecule has 2 aliphatic heterocycles. The fraction of sp³-hybridized carbons (Fsp3) is 0.400. The Kier molecular flexibility index (Phi) is 1.20. The van der Waals surface area contributed by atoms with Crippen molar-refractivity contribution in [2.45, 2.75) is 11.7 Å². The Balaban J connectivity index is 1.78. The Morgan fingerprint density at radius 2 is 2.33 bits per heavy atom. The summed E-state index contributed by atoms with van der Waals surface area (Å²) in [5, 5.41) is 0.883. The predicted molar refractivity (Wildman–Crippen MR) is 55.2 cm³/mol. The smallest absolute Gasteiger partial charge is 0.0457 e. The zero-order valence-electron chi connectivity index (χ0n) is 6.99. The van der Waals surface area contributed by atoms with E-state index in [9.17, 15) is 0 Å². The Morgan fingerprint density at radius 3 is 3.17 bits per heavy atom. The van der Waals surface area contributed by atoms with E-state index in [1.54, 1.807) is 9.81 Å². The lowest BCUT2D eigenvalue weighted by atomic mass is 10.4. The summed E-state index contributed by atoms with van der Waals surface area (Å²) in [6, 6.07) is 0. The molecule has 64 valence electrons. The minimum absolute atomic E-state index is 0.309. The van der Waals surface area contributed by atoms with E-state index in [-0.39, 0.29) is 10.0 Å². The minimum atomic E-state index is -0.309. The molecule has 0 aromatic rings. The van der Waals surface area contributed by atoms with Crippen LogP contribution in [0.5, 0.6) is 0 Å². The van der Waals surface area contributed by atoms with Crippen molar-refractivity contribution in [3.05, 3.63) is 34.1 Å². The van der Waals surface area contributed by atoms with Gasteiger partial charge in [0.1, 0.15) is 0 Å². The van der Waals surface area contributed by atoms with Gasteiger partial charge in [0.15, 0.2) is 0 Å². The molecule has 1 saturated heterocycles. The molecule has 0 spiro atoms. The standard InChI is InChI=1S/C10H13NS/c11-6-3-7-12-8-4-1-2-5-9(12)10(8)12/h1-2,4-5,8H,3,6-7,11H2.